The van der Waals surface area contributed by atoms with Crippen molar-refractivity contribution in [3.8, 4) is 6.07 Å². The molecule has 2 bridgehead atoms. The number of nitriles is 1. The first-order chi connectivity index (χ1) is 29.0. The number of benzene rings is 3. The fourth-order valence-electron chi connectivity index (χ4n) is 9.55. The summed E-state index contributed by atoms with van der Waals surface area (Å²) in [5.74, 6) is -0.682. The summed E-state index contributed by atoms with van der Waals surface area (Å²) in [5.41, 5.74) is 3.64. The number of hydrogen-bond donors (Lipinski definition) is 0. The number of amides is 2. The van der Waals surface area contributed by atoms with Crippen LogP contribution in [-0.2, 0) is 27.2 Å². The minimum Gasteiger partial charge on any atom is -0.381 e. The minimum atomic E-state index is -0.587. The monoisotopic (exact) mass is 836 g/mol. The summed E-state index contributed by atoms with van der Waals surface area (Å²) in [6.07, 6.45) is 8.71. The molecule has 60 heavy (non-hydrogen) atoms. The number of rotatable bonds is 15. The van der Waals surface area contributed by atoms with E-state index in [0.717, 1.165) is 68.0 Å². The van der Waals surface area contributed by atoms with Crippen LogP contribution in [0.3, 0.4) is 0 Å². The van der Waals surface area contributed by atoms with Gasteiger partial charge in [0.1, 0.15) is 11.9 Å². The van der Waals surface area contributed by atoms with E-state index in [0.29, 0.717) is 105 Å². The Morgan fingerprint density at radius 2 is 1.60 bits per heavy atom. The van der Waals surface area contributed by atoms with E-state index in [-0.39, 0.29) is 34.5 Å². The number of anilines is 1. The molecule has 1 aromatic heterocycles. The van der Waals surface area contributed by atoms with E-state index in [9.17, 15) is 19.6 Å². The lowest BCUT2D eigenvalue weighted by Crippen LogP contribution is -2.51. The van der Waals surface area contributed by atoms with Gasteiger partial charge in [-0.3, -0.25) is 14.4 Å². The summed E-state index contributed by atoms with van der Waals surface area (Å²) in [4.78, 5) is 45.4. The number of piperazine rings is 1. The van der Waals surface area contributed by atoms with Gasteiger partial charge in [0.25, 0.3) is 11.5 Å². The van der Waals surface area contributed by atoms with Gasteiger partial charge in [0.2, 0.25) is 5.91 Å². The van der Waals surface area contributed by atoms with Crippen LogP contribution in [0.15, 0.2) is 59.4 Å². The van der Waals surface area contributed by atoms with Crippen LogP contribution < -0.4 is 10.5 Å². The molecule has 11 nitrogen and oxygen atoms in total. The zero-order valence-electron chi connectivity index (χ0n) is 34.6. The van der Waals surface area contributed by atoms with E-state index in [1.165, 1.54) is 10.7 Å². The second kappa shape index (κ2) is 18.0. The molecule has 316 valence electrons. The van der Waals surface area contributed by atoms with Gasteiger partial charge in [0.15, 0.2) is 0 Å². The highest BCUT2D eigenvalue weighted by Gasteiger charge is 2.47. The third-order valence-corrected chi connectivity index (χ3v) is 13.4. The van der Waals surface area contributed by atoms with Crippen LogP contribution >= 0.6 is 11.6 Å². The zero-order valence-corrected chi connectivity index (χ0v) is 35.4. The van der Waals surface area contributed by atoms with Gasteiger partial charge in [0, 0.05) is 88.0 Å². The molecule has 2 amide bonds. The number of fused-ring (bicyclic) bond motifs is 3. The van der Waals surface area contributed by atoms with E-state index in [4.69, 9.17) is 26.2 Å². The van der Waals surface area contributed by atoms with Crippen LogP contribution in [0, 0.1) is 30.0 Å². The van der Waals surface area contributed by atoms with E-state index < -0.39 is 5.82 Å². The molecule has 0 N–H and O–H groups in total. The molecule has 0 spiro atoms. The fourth-order valence-corrected chi connectivity index (χ4v) is 9.76. The van der Waals surface area contributed by atoms with Crippen molar-refractivity contribution in [3.63, 3.8) is 0 Å². The van der Waals surface area contributed by atoms with Crippen molar-refractivity contribution in [2.45, 2.75) is 102 Å². The molecule has 2 atom stereocenters. The number of hydrogen-bond acceptors (Lipinski definition) is 8. The van der Waals surface area contributed by atoms with Crippen LogP contribution in [0.1, 0.15) is 97.5 Å². The van der Waals surface area contributed by atoms with E-state index >= 15 is 4.39 Å². The SMILES string of the molecule is Cc1c(N2C3CCC2CC(C)(OCCCCOCCCn2nc(Cc4ccc(F)c(C(=O)N5CCN(C(=O)C6CC6)CC5)c4)c4ccccc4c2=O)C3)ccc(C#N)c1Cl. The number of piperidine rings is 1. The summed E-state index contributed by atoms with van der Waals surface area (Å²) < 4.78 is 29.1. The van der Waals surface area contributed by atoms with Crippen molar-refractivity contribution in [3.05, 3.63) is 104 Å². The Hall–Kier alpha value is -4.83. The Balaban J connectivity index is 0.801. The maximum Gasteiger partial charge on any atom is 0.274 e. The zero-order chi connectivity index (χ0) is 42.0. The minimum absolute atomic E-state index is 0.000472. The molecule has 3 saturated heterocycles. The van der Waals surface area contributed by atoms with Crippen LogP contribution in [-0.4, -0.2) is 95.1 Å². The normalized spacial score (nSPS) is 21.4. The first kappa shape index (κ1) is 41.9. The molecule has 8 rings (SSSR count). The summed E-state index contributed by atoms with van der Waals surface area (Å²) >= 11 is 6.53. The molecule has 1 aliphatic carbocycles. The van der Waals surface area contributed by atoms with Crippen molar-refractivity contribution in [2.24, 2.45) is 5.92 Å². The molecule has 4 fully saturated rings. The van der Waals surface area contributed by atoms with Gasteiger partial charge >= 0.3 is 0 Å². The highest BCUT2D eigenvalue weighted by molar-refractivity contribution is 6.32. The Morgan fingerprint density at radius 1 is 0.917 bits per heavy atom. The number of nitrogens with zero attached hydrogens (tertiary/aromatic N) is 6. The lowest BCUT2D eigenvalue weighted by molar-refractivity contribution is -0.134. The molecular formula is C47H54ClFN6O5. The Bertz CT molecular complexity index is 2340. The predicted molar refractivity (Wildman–Crippen MR) is 229 cm³/mol. The maximum absolute atomic E-state index is 15.1. The summed E-state index contributed by atoms with van der Waals surface area (Å²) in [7, 11) is 0. The maximum atomic E-state index is 15.1. The highest BCUT2D eigenvalue weighted by Crippen LogP contribution is 2.46. The van der Waals surface area contributed by atoms with Gasteiger partial charge in [-0.2, -0.15) is 10.4 Å². The predicted octanol–water partition coefficient (Wildman–Crippen LogP) is 7.45. The second-order valence-corrected chi connectivity index (χ2v) is 17.6. The molecule has 4 heterocycles. The van der Waals surface area contributed by atoms with Gasteiger partial charge in [-0.25, -0.2) is 9.07 Å². The number of aryl methyl sites for hydroxylation is 1. The second-order valence-electron chi connectivity index (χ2n) is 17.3. The first-order valence-electron chi connectivity index (χ1n) is 21.6. The standard InChI is InChI=1S/C47H54ClFN6O5/c1-31-42(17-13-34(30-50)43(31)48)55-35-14-15-36(55)29-47(2,28-35)60-25-6-5-23-59-24-7-18-54-46(58)38-9-4-3-8-37(38)41(51-54)27-32-10-16-40(49)39(26-32)45(57)53-21-19-52(20-22-53)44(56)33-11-12-33/h3-4,8-10,13,16-17,26,33,35-36H,5-7,11-12,14-15,18-25,27-29H2,1-2H3. The van der Waals surface area contributed by atoms with Gasteiger partial charge in [-0.1, -0.05) is 35.9 Å². The van der Waals surface area contributed by atoms with Crippen molar-refractivity contribution in [1.82, 2.24) is 19.6 Å². The first-order valence-corrected chi connectivity index (χ1v) is 22.0. The molecule has 3 aliphatic heterocycles. The van der Waals surface area contributed by atoms with E-state index in [1.54, 1.807) is 23.1 Å². The van der Waals surface area contributed by atoms with Crippen molar-refractivity contribution in [2.75, 3.05) is 50.9 Å². The molecule has 4 aliphatic rings. The Labute approximate surface area is 356 Å². The lowest BCUT2D eigenvalue weighted by Gasteiger charge is -2.46. The van der Waals surface area contributed by atoms with E-state index in [1.807, 2.05) is 42.2 Å². The van der Waals surface area contributed by atoms with E-state index in [2.05, 4.69) is 17.9 Å². The van der Waals surface area contributed by atoms with Crippen molar-refractivity contribution >= 4 is 39.9 Å². The number of unbranched alkanes of at least 4 members (excludes halogenated alkanes) is 1. The Morgan fingerprint density at radius 3 is 2.32 bits per heavy atom. The highest BCUT2D eigenvalue weighted by atomic mass is 35.5. The number of aromatic nitrogens is 2. The van der Waals surface area contributed by atoms with Crippen LogP contribution in [0.5, 0.6) is 0 Å². The number of ether oxygens (including phenoxy) is 2. The average Bonchev–Trinajstić information content (AvgIpc) is 4.07. The topological polar surface area (TPSA) is 121 Å². The number of halogens is 2. The lowest BCUT2D eigenvalue weighted by atomic mass is 9.86. The summed E-state index contributed by atoms with van der Waals surface area (Å²) in [6, 6.07) is 18.8. The van der Waals surface area contributed by atoms with Crippen LogP contribution in [0.4, 0.5) is 10.1 Å². The number of carbonyl (C=O) groups is 2. The molecule has 3 aromatic carbocycles. The summed E-state index contributed by atoms with van der Waals surface area (Å²) in [6.45, 7) is 8.04. The van der Waals surface area contributed by atoms with Gasteiger partial charge in [0.05, 0.1) is 32.8 Å². The molecule has 13 heteroatoms. The van der Waals surface area contributed by atoms with Crippen LogP contribution in [0.2, 0.25) is 5.02 Å². The molecular weight excluding hydrogens is 783 g/mol. The van der Waals surface area contributed by atoms with Gasteiger partial charge in [-0.05, 0) is 113 Å². The summed E-state index contributed by atoms with van der Waals surface area (Å²) in [5, 5.41) is 16.0. The molecule has 1 saturated carbocycles. The molecule has 4 aromatic rings. The Kier molecular flexibility index (Phi) is 12.6. The van der Waals surface area contributed by atoms with Crippen molar-refractivity contribution < 1.29 is 23.5 Å². The smallest absolute Gasteiger partial charge is 0.274 e. The third kappa shape index (κ3) is 8.95. The fraction of sp³-hybridized carbons (Fsp3) is 0.511. The largest absolute Gasteiger partial charge is 0.381 e. The van der Waals surface area contributed by atoms with Crippen LogP contribution in [0.25, 0.3) is 10.8 Å². The molecule has 2 unspecified atom stereocenters. The third-order valence-electron chi connectivity index (χ3n) is 12.9. The van der Waals surface area contributed by atoms with Gasteiger partial charge in [-0.15, -0.1) is 0 Å². The average molecular weight is 837 g/mol. The van der Waals surface area contributed by atoms with Crippen molar-refractivity contribution in [1.29, 1.82) is 5.26 Å². The quantitative estimate of drug-likeness (QED) is 0.113. The number of carbonyl (C=O) groups excluding carboxylic acids is 2. The molecule has 0 radical (unpaired) electrons. The van der Waals surface area contributed by atoms with Gasteiger partial charge < -0.3 is 24.2 Å².